The Bertz CT molecular complexity index is 636. The average Bonchev–Trinajstić information content (AvgIpc) is 2.46. The van der Waals surface area contributed by atoms with Gasteiger partial charge in [0, 0.05) is 6.07 Å². The fraction of sp³-hybridized carbons (Fsp3) is 0.200. The van der Waals surface area contributed by atoms with E-state index in [9.17, 15) is 4.39 Å². The van der Waals surface area contributed by atoms with E-state index in [0.717, 1.165) is 0 Å². The fourth-order valence-corrected chi connectivity index (χ4v) is 1.45. The standard InChI is InChI=1S/C13H10FN3O.C2H6/c1-8-11(6-15)13(17-7-12(8)16)18-10-4-2-3-9(14)5-10;1-2/h2-5,7H,16H2,1H3;1-2H3. The van der Waals surface area contributed by atoms with Gasteiger partial charge in [-0.15, -0.1) is 0 Å². The maximum atomic E-state index is 13.0. The van der Waals surface area contributed by atoms with Crippen molar-refractivity contribution < 1.29 is 9.13 Å². The van der Waals surface area contributed by atoms with E-state index in [-0.39, 0.29) is 17.2 Å². The summed E-state index contributed by atoms with van der Waals surface area (Å²) < 4.78 is 18.4. The van der Waals surface area contributed by atoms with Crippen molar-refractivity contribution in [3.05, 3.63) is 47.4 Å². The first-order valence-electron chi connectivity index (χ1n) is 6.20. The van der Waals surface area contributed by atoms with E-state index in [1.54, 1.807) is 13.0 Å². The third-order valence-electron chi connectivity index (χ3n) is 2.47. The van der Waals surface area contributed by atoms with Crippen LogP contribution in [-0.4, -0.2) is 4.98 Å². The molecule has 1 aromatic heterocycles. The maximum absolute atomic E-state index is 13.0. The molecule has 2 rings (SSSR count). The molecule has 0 saturated carbocycles. The largest absolute Gasteiger partial charge is 0.438 e. The SMILES string of the molecule is CC.Cc1c(N)cnc(Oc2cccc(F)c2)c1C#N. The number of aromatic nitrogens is 1. The second kappa shape index (κ2) is 7.10. The average molecular weight is 273 g/mol. The van der Waals surface area contributed by atoms with E-state index >= 15 is 0 Å². The Morgan fingerprint density at radius 1 is 1.35 bits per heavy atom. The Balaban J connectivity index is 0.000000956. The van der Waals surface area contributed by atoms with Crippen LogP contribution in [0.2, 0.25) is 0 Å². The van der Waals surface area contributed by atoms with Gasteiger partial charge in [-0.3, -0.25) is 0 Å². The summed E-state index contributed by atoms with van der Waals surface area (Å²) in [6.07, 6.45) is 1.41. The Hall–Kier alpha value is -2.61. The second-order valence-corrected chi connectivity index (χ2v) is 3.69. The number of halogens is 1. The van der Waals surface area contributed by atoms with Gasteiger partial charge in [0.05, 0.1) is 11.9 Å². The van der Waals surface area contributed by atoms with Gasteiger partial charge in [0.2, 0.25) is 5.88 Å². The molecule has 0 unspecified atom stereocenters. The van der Waals surface area contributed by atoms with E-state index in [1.165, 1.54) is 24.4 Å². The molecule has 0 radical (unpaired) electrons. The van der Waals surface area contributed by atoms with Gasteiger partial charge >= 0.3 is 0 Å². The monoisotopic (exact) mass is 273 g/mol. The van der Waals surface area contributed by atoms with Crippen molar-refractivity contribution in [2.75, 3.05) is 5.73 Å². The smallest absolute Gasteiger partial charge is 0.237 e. The van der Waals surface area contributed by atoms with Gasteiger partial charge in [0.15, 0.2) is 0 Å². The van der Waals surface area contributed by atoms with Crippen LogP contribution in [-0.2, 0) is 0 Å². The van der Waals surface area contributed by atoms with Gasteiger partial charge < -0.3 is 10.5 Å². The van der Waals surface area contributed by atoms with Crippen LogP contribution in [0.3, 0.4) is 0 Å². The van der Waals surface area contributed by atoms with Gasteiger partial charge in [-0.2, -0.15) is 5.26 Å². The summed E-state index contributed by atoms with van der Waals surface area (Å²) in [5.41, 5.74) is 6.91. The molecular formula is C15H16FN3O. The van der Waals surface area contributed by atoms with Crippen LogP contribution in [0.25, 0.3) is 0 Å². The molecule has 0 bridgehead atoms. The number of hydrogen-bond donors (Lipinski definition) is 1. The molecule has 1 aromatic carbocycles. The highest BCUT2D eigenvalue weighted by molar-refractivity contribution is 5.57. The van der Waals surface area contributed by atoms with Gasteiger partial charge in [0.1, 0.15) is 23.2 Å². The molecular weight excluding hydrogens is 257 g/mol. The van der Waals surface area contributed by atoms with Crippen molar-refractivity contribution in [2.24, 2.45) is 0 Å². The van der Waals surface area contributed by atoms with Crippen molar-refractivity contribution in [2.45, 2.75) is 20.8 Å². The van der Waals surface area contributed by atoms with Gasteiger partial charge in [-0.05, 0) is 24.6 Å². The number of pyridine rings is 1. The molecule has 4 nitrogen and oxygen atoms in total. The molecule has 0 spiro atoms. The molecule has 104 valence electrons. The summed E-state index contributed by atoms with van der Waals surface area (Å²) >= 11 is 0. The van der Waals surface area contributed by atoms with E-state index in [0.29, 0.717) is 11.3 Å². The number of nitrogen functional groups attached to an aromatic ring is 1. The molecule has 20 heavy (non-hydrogen) atoms. The summed E-state index contributed by atoms with van der Waals surface area (Å²) in [5, 5.41) is 9.06. The fourth-order valence-electron chi connectivity index (χ4n) is 1.45. The van der Waals surface area contributed by atoms with Crippen molar-refractivity contribution in [3.63, 3.8) is 0 Å². The van der Waals surface area contributed by atoms with Crippen LogP contribution < -0.4 is 10.5 Å². The number of hydrogen-bond acceptors (Lipinski definition) is 4. The minimum atomic E-state index is -0.418. The molecule has 5 heteroatoms. The zero-order valence-electron chi connectivity index (χ0n) is 11.6. The van der Waals surface area contributed by atoms with Crippen LogP contribution in [0.15, 0.2) is 30.5 Å². The first-order chi connectivity index (χ1) is 9.61. The lowest BCUT2D eigenvalue weighted by atomic mass is 10.1. The van der Waals surface area contributed by atoms with Crippen molar-refractivity contribution in [1.29, 1.82) is 5.26 Å². The van der Waals surface area contributed by atoms with E-state index in [4.69, 9.17) is 15.7 Å². The highest BCUT2D eigenvalue weighted by atomic mass is 19.1. The molecule has 0 saturated heterocycles. The number of nitrogens with zero attached hydrogens (tertiary/aromatic N) is 2. The number of anilines is 1. The summed E-state index contributed by atoms with van der Waals surface area (Å²) in [5.74, 6) is -0.0175. The van der Waals surface area contributed by atoms with Gasteiger partial charge in [-0.1, -0.05) is 19.9 Å². The molecule has 1 heterocycles. The highest BCUT2D eigenvalue weighted by Gasteiger charge is 2.12. The van der Waals surface area contributed by atoms with Crippen LogP contribution in [0.1, 0.15) is 25.0 Å². The number of ether oxygens (including phenoxy) is 1. The summed E-state index contributed by atoms with van der Waals surface area (Å²) in [6.45, 7) is 5.70. The lowest BCUT2D eigenvalue weighted by molar-refractivity contribution is 0.456. The van der Waals surface area contributed by atoms with Crippen LogP contribution in [0, 0.1) is 24.1 Å². The van der Waals surface area contributed by atoms with Crippen LogP contribution in [0.5, 0.6) is 11.6 Å². The highest BCUT2D eigenvalue weighted by Crippen LogP contribution is 2.27. The second-order valence-electron chi connectivity index (χ2n) is 3.69. The van der Waals surface area contributed by atoms with Crippen LogP contribution in [0.4, 0.5) is 10.1 Å². The predicted molar refractivity (Wildman–Crippen MR) is 75.9 cm³/mol. The molecule has 0 amide bonds. The third kappa shape index (κ3) is 3.45. The lowest BCUT2D eigenvalue weighted by Crippen LogP contribution is -1.99. The minimum Gasteiger partial charge on any atom is -0.438 e. The number of nitrogens with two attached hydrogens (primary N) is 1. The maximum Gasteiger partial charge on any atom is 0.237 e. The Kier molecular flexibility index (Phi) is 5.48. The Labute approximate surface area is 117 Å². The summed E-state index contributed by atoms with van der Waals surface area (Å²) in [4.78, 5) is 3.94. The van der Waals surface area contributed by atoms with Crippen LogP contribution >= 0.6 is 0 Å². The number of benzene rings is 1. The van der Waals surface area contributed by atoms with Crippen molar-refractivity contribution in [1.82, 2.24) is 4.98 Å². The molecule has 0 atom stereocenters. The topological polar surface area (TPSA) is 71.9 Å². The first kappa shape index (κ1) is 15.4. The van der Waals surface area contributed by atoms with E-state index in [1.807, 2.05) is 19.9 Å². The zero-order chi connectivity index (χ0) is 15.1. The normalized spacial score (nSPS) is 9.15. The minimum absolute atomic E-state index is 0.120. The molecule has 2 aromatic rings. The number of rotatable bonds is 2. The zero-order valence-corrected chi connectivity index (χ0v) is 11.6. The first-order valence-corrected chi connectivity index (χ1v) is 6.20. The van der Waals surface area contributed by atoms with Crippen molar-refractivity contribution >= 4 is 5.69 Å². The molecule has 0 aliphatic heterocycles. The Morgan fingerprint density at radius 3 is 2.65 bits per heavy atom. The third-order valence-corrected chi connectivity index (χ3v) is 2.47. The quantitative estimate of drug-likeness (QED) is 0.903. The predicted octanol–water partition coefficient (Wildman–Crippen LogP) is 3.80. The summed E-state index contributed by atoms with van der Waals surface area (Å²) in [7, 11) is 0. The molecule has 2 N–H and O–H groups in total. The van der Waals surface area contributed by atoms with Gasteiger partial charge in [0.25, 0.3) is 0 Å². The Morgan fingerprint density at radius 2 is 2.05 bits per heavy atom. The lowest BCUT2D eigenvalue weighted by Gasteiger charge is -2.09. The molecule has 0 fully saturated rings. The molecule has 0 aliphatic carbocycles. The summed E-state index contributed by atoms with van der Waals surface area (Å²) in [6, 6.07) is 7.60. The van der Waals surface area contributed by atoms with E-state index < -0.39 is 5.82 Å². The number of nitriles is 1. The molecule has 0 aliphatic rings. The van der Waals surface area contributed by atoms with E-state index in [2.05, 4.69) is 4.98 Å². The van der Waals surface area contributed by atoms with Gasteiger partial charge in [-0.25, -0.2) is 9.37 Å². The van der Waals surface area contributed by atoms with Crippen molar-refractivity contribution in [3.8, 4) is 17.7 Å².